The number of hydrogen-bond donors (Lipinski definition) is 0. The number of thiazole rings is 1. The number of carbonyl (C=O) groups excluding carboxylic acids is 1. The maximum absolute atomic E-state index is 13.7. The number of benzene rings is 2. The number of rotatable bonds is 5. The summed E-state index contributed by atoms with van der Waals surface area (Å²) >= 11 is 1.35. The molecule has 3 aromatic rings. The van der Waals surface area contributed by atoms with Gasteiger partial charge in [0.1, 0.15) is 0 Å². The lowest BCUT2D eigenvalue weighted by atomic mass is 9.96. The average Bonchev–Trinajstić information content (AvgIpc) is 3.48. The van der Waals surface area contributed by atoms with Crippen molar-refractivity contribution in [2.75, 3.05) is 24.6 Å². The van der Waals surface area contributed by atoms with Crippen molar-refractivity contribution in [3.05, 3.63) is 96.2 Å². The lowest BCUT2D eigenvalue weighted by Gasteiger charge is -2.24. The van der Waals surface area contributed by atoms with Gasteiger partial charge in [0.05, 0.1) is 28.5 Å². The molecule has 2 aliphatic rings. The van der Waals surface area contributed by atoms with E-state index < -0.39 is 12.0 Å². The summed E-state index contributed by atoms with van der Waals surface area (Å²) in [4.78, 5) is 34.3. The summed E-state index contributed by atoms with van der Waals surface area (Å²) < 4.78 is 7.58. The van der Waals surface area contributed by atoms with Crippen LogP contribution in [0.1, 0.15) is 49.4 Å². The Kier molecular flexibility index (Phi) is 6.43. The van der Waals surface area contributed by atoms with Gasteiger partial charge in [0.25, 0.3) is 5.56 Å². The van der Waals surface area contributed by atoms with Crippen molar-refractivity contribution in [2.24, 2.45) is 4.99 Å². The van der Waals surface area contributed by atoms with Crippen LogP contribution in [0.3, 0.4) is 0 Å². The number of esters is 1. The van der Waals surface area contributed by atoms with Crippen molar-refractivity contribution in [3.8, 4) is 0 Å². The molecule has 2 aromatic carbocycles. The quantitative estimate of drug-likeness (QED) is 0.515. The highest BCUT2D eigenvalue weighted by Gasteiger charge is 2.33. The van der Waals surface area contributed by atoms with Gasteiger partial charge in [0.2, 0.25) is 0 Å². The van der Waals surface area contributed by atoms with Gasteiger partial charge in [-0.15, -0.1) is 0 Å². The van der Waals surface area contributed by atoms with Crippen LogP contribution in [-0.2, 0) is 9.53 Å². The zero-order valence-corrected chi connectivity index (χ0v) is 21.1. The van der Waals surface area contributed by atoms with Crippen LogP contribution in [0, 0.1) is 6.92 Å². The van der Waals surface area contributed by atoms with Crippen LogP contribution in [0.5, 0.6) is 0 Å². The molecule has 1 fully saturated rings. The third-order valence-corrected chi connectivity index (χ3v) is 7.58. The van der Waals surface area contributed by atoms with E-state index in [0.717, 1.165) is 24.2 Å². The number of aromatic nitrogens is 1. The first-order valence-electron chi connectivity index (χ1n) is 12.1. The van der Waals surface area contributed by atoms with Gasteiger partial charge < -0.3 is 9.64 Å². The fourth-order valence-corrected chi connectivity index (χ4v) is 6.02. The smallest absolute Gasteiger partial charge is 0.338 e. The Morgan fingerprint density at radius 1 is 1.14 bits per heavy atom. The average molecular weight is 488 g/mol. The summed E-state index contributed by atoms with van der Waals surface area (Å²) in [7, 11) is 0. The molecule has 0 N–H and O–H groups in total. The highest BCUT2D eigenvalue weighted by atomic mass is 32.1. The molecule has 2 aliphatic heterocycles. The number of aryl methyl sites for hydroxylation is 1. The number of ether oxygens (including phenoxy) is 1. The topological polar surface area (TPSA) is 63.9 Å². The summed E-state index contributed by atoms with van der Waals surface area (Å²) in [5.41, 5.74) is 5.13. The maximum atomic E-state index is 13.7. The first-order chi connectivity index (χ1) is 17.0. The molecule has 6 nitrogen and oxygen atoms in total. The van der Waals surface area contributed by atoms with Crippen molar-refractivity contribution >= 4 is 29.1 Å². The van der Waals surface area contributed by atoms with Crippen LogP contribution in [0.4, 0.5) is 5.69 Å². The predicted molar refractivity (Wildman–Crippen MR) is 139 cm³/mol. The van der Waals surface area contributed by atoms with Crippen molar-refractivity contribution in [1.82, 2.24) is 4.57 Å². The SMILES string of the molecule is CCOC(=O)C1=C(C)N=c2s/c(=C/c3ccc(N4CCCC4)c(C)c3)c(=O)n2[C@@H]1c1ccccc1. The number of allylic oxidation sites excluding steroid dienone is 1. The van der Waals surface area contributed by atoms with Crippen LogP contribution >= 0.6 is 11.3 Å². The number of carbonyl (C=O) groups is 1. The van der Waals surface area contributed by atoms with Crippen LogP contribution < -0.4 is 19.8 Å². The van der Waals surface area contributed by atoms with Gasteiger partial charge in [0, 0.05) is 18.8 Å². The van der Waals surface area contributed by atoms with E-state index >= 15 is 0 Å². The largest absolute Gasteiger partial charge is 0.463 e. The van der Waals surface area contributed by atoms with E-state index in [4.69, 9.17) is 4.74 Å². The Morgan fingerprint density at radius 3 is 2.57 bits per heavy atom. The van der Waals surface area contributed by atoms with E-state index in [2.05, 4.69) is 35.0 Å². The molecule has 0 radical (unpaired) electrons. The van der Waals surface area contributed by atoms with E-state index in [9.17, 15) is 9.59 Å². The summed E-state index contributed by atoms with van der Waals surface area (Å²) in [6.07, 6.45) is 4.40. The lowest BCUT2D eigenvalue weighted by molar-refractivity contribution is -0.139. The van der Waals surface area contributed by atoms with Gasteiger partial charge >= 0.3 is 5.97 Å². The molecule has 3 heterocycles. The summed E-state index contributed by atoms with van der Waals surface area (Å²) in [5.74, 6) is -0.440. The Morgan fingerprint density at radius 2 is 1.89 bits per heavy atom. The monoisotopic (exact) mass is 487 g/mol. The van der Waals surface area contributed by atoms with Crippen LogP contribution in [0.25, 0.3) is 6.08 Å². The molecule has 1 atom stereocenters. The van der Waals surface area contributed by atoms with Gasteiger partial charge in [-0.2, -0.15) is 0 Å². The molecule has 7 heteroatoms. The van der Waals surface area contributed by atoms with Crippen molar-refractivity contribution < 1.29 is 9.53 Å². The van der Waals surface area contributed by atoms with E-state index in [1.807, 2.05) is 36.4 Å². The maximum Gasteiger partial charge on any atom is 0.338 e. The van der Waals surface area contributed by atoms with E-state index in [1.165, 1.54) is 35.4 Å². The number of fused-ring (bicyclic) bond motifs is 1. The van der Waals surface area contributed by atoms with Crippen molar-refractivity contribution in [2.45, 2.75) is 39.7 Å². The van der Waals surface area contributed by atoms with Crippen LogP contribution in [0.2, 0.25) is 0 Å². The number of anilines is 1. The molecule has 0 spiro atoms. The molecular formula is C28H29N3O3S. The molecule has 0 bridgehead atoms. The summed E-state index contributed by atoms with van der Waals surface area (Å²) in [6.45, 7) is 8.16. The van der Waals surface area contributed by atoms with Crippen molar-refractivity contribution in [1.29, 1.82) is 0 Å². The standard InChI is InChI=1S/C28H29N3O3S/c1-4-34-27(33)24-19(3)29-28-31(25(24)21-10-6-5-7-11-21)26(32)23(35-28)17-20-12-13-22(18(2)16-20)30-14-8-9-15-30/h5-7,10-13,16-17,25H,4,8-9,14-15H2,1-3H3/b23-17+/t25-/m1/s1. The molecule has 0 unspecified atom stereocenters. The second kappa shape index (κ2) is 9.66. The molecule has 180 valence electrons. The molecule has 0 saturated carbocycles. The summed E-state index contributed by atoms with van der Waals surface area (Å²) in [5, 5.41) is 0. The first-order valence-corrected chi connectivity index (χ1v) is 12.9. The first kappa shape index (κ1) is 23.3. The second-order valence-corrected chi connectivity index (χ2v) is 9.96. The van der Waals surface area contributed by atoms with Gasteiger partial charge in [-0.25, -0.2) is 9.79 Å². The Hall–Kier alpha value is -3.45. The van der Waals surface area contributed by atoms with E-state index in [-0.39, 0.29) is 12.2 Å². The normalized spacial score (nSPS) is 18.0. The Bertz CT molecular complexity index is 1480. The Balaban J connectivity index is 1.62. The number of nitrogens with zero attached hydrogens (tertiary/aromatic N) is 3. The number of hydrogen-bond acceptors (Lipinski definition) is 6. The second-order valence-electron chi connectivity index (χ2n) is 8.95. The van der Waals surface area contributed by atoms with Gasteiger partial charge in [-0.3, -0.25) is 9.36 Å². The minimum atomic E-state index is -0.576. The highest BCUT2D eigenvalue weighted by Crippen LogP contribution is 2.30. The Labute approximate surface area is 208 Å². The van der Waals surface area contributed by atoms with E-state index in [1.54, 1.807) is 18.4 Å². The van der Waals surface area contributed by atoms with Crippen LogP contribution in [-0.4, -0.2) is 30.2 Å². The zero-order chi connectivity index (χ0) is 24.5. The molecule has 5 rings (SSSR count). The minimum absolute atomic E-state index is 0.154. The summed E-state index contributed by atoms with van der Waals surface area (Å²) in [6, 6.07) is 15.4. The van der Waals surface area contributed by atoms with Gasteiger partial charge in [0.15, 0.2) is 4.80 Å². The minimum Gasteiger partial charge on any atom is -0.463 e. The van der Waals surface area contributed by atoms with Gasteiger partial charge in [-0.1, -0.05) is 47.7 Å². The van der Waals surface area contributed by atoms with Crippen LogP contribution in [0.15, 0.2) is 69.6 Å². The third-order valence-electron chi connectivity index (χ3n) is 6.60. The fraction of sp³-hybridized carbons (Fsp3) is 0.321. The molecule has 0 amide bonds. The van der Waals surface area contributed by atoms with Gasteiger partial charge in [-0.05, 0) is 68.5 Å². The molecular weight excluding hydrogens is 458 g/mol. The zero-order valence-electron chi connectivity index (χ0n) is 20.3. The molecule has 0 aliphatic carbocycles. The lowest BCUT2D eigenvalue weighted by Crippen LogP contribution is -2.39. The predicted octanol–water partition coefficient (Wildman–Crippen LogP) is 3.71. The van der Waals surface area contributed by atoms with Crippen molar-refractivity contribution in [3.63, 3.8) is 0 Å². The highest BCUT2D eigenvalue weighted by molar-refractivity contribution is 7.07. The molecule has 1 aromatic heterocycles. The molecule has 35 heavy (non-hydrogen) atoms. The molecule has 1 saturated heterocycles. The third kappa shape index (κ3) is 4.36. The fourth-order valence-electron chi connectivity index (χ4n) is 4.97. The van der Waals surface area contributed by atoms with E-state index in [0.29, 0.717) is 20.6 Å².